The van der Waals surface area contributed by atoms with Crippen molar-refractivity contribution in [3.05, 3.63) is 78.2 Å². The number of pyridine rings is 1. The molecule has 1 aliphatic rings. The van der Waals surface area contributed by atoms with E-state index in [0.717, 1.165) is 42.9 Å². The van der Waals surface area contributed by atoms with Gasteiger partial charge in [-0.2, -0.15) is 0 Å². The van der Waals surface area contributed by atoms with Crippen LogP contribution in [0.2, 0.25) is 0 Å². The number of likely N-dealkylation sites (tertiary alicyclic amines) is 1. The van der Waals surface area contributed by atoms with Gasteiger partial charge in [-0.15, -0.1) is 0 Å². The number of methoxy groups -OCH3 is 1. The molecule has 0 N–H and O–H groups in total. The Balaban J connectivity index is 1.56. The summed E-state index contributed by atoms with van der Waals surface area (Å²) in [7, 11) is 1.66. The number of carbonyl (C=O) groups is 1. The molecule has 1 saturated heterocycles. The van der Waals surface area contributed by atoms with E-state index >= 15 is 0 Å². The van der Waals surface area contributed by atoms with Crippen LogP contribution in [0, 0.1) is 0 Å². The van der Waals surface area contributed by atoms with Crippen LogP contribution in [0.5, 0.6) is 5.75 Å². The van der Waals surface area contributed by atoms with Gasteiger partial charge in [0, 0.05) is 25.1 Å². The van der Waals surface area contributed by atoms with E-state index in [9.17, 15) is 4.79 Å². The minimum atomic E-state index is 0.0436. The zero-order valence-corrected chi connectivity index (χ0v) is 15.4. The maximum atomic E-state index is 13.2. The van der Waals surface area contributed by atoms with Gasteiger partial charge in [0.25, 0.3) is 5.91 Å². The van der Waals surface area contributed by atoms with Crippen molar-refractivity contribution in [3.63, 3.8) is 0 Å². The molecule has 1 aromatic carbocycles. The third kappa shape index (κ3) is 3.58. The number of hydrogen-bond acceptors (Lipinski definition) is 3. The quantitative estimate of drug-likeness (QED) is 0.698. The van der Waals surface area contributed by atoms with Gasteiger partial charge in [-0.3, -0.25) is 4.79 Å². The first kappa shape index (κ1) is 17.3. The number of carbonyl (C=O) groups excluding carboxylic acids is 1. The van der Waals surface area contributed by atoms with E-state index in [-0.39, 0.29) is 11.9 Å². The van der Waals surface area contributed by atoms with Gasteiger partial charge < -0.3 is 14.2 Å². The summed E-state index contributed by atoms with van der Waals surface area (Å²) in [6.45, 7) is 0.773. The fourth-order valence-corrected chi connectivity index (χ4v) is 3.67. The Kier molecular flexibility index (Phi) is 4.92. The van der Waals surface area contributed by atoms with E-state index in [2.05, 4.69) is 17.1 Å². The lowest BCUT2D eigenvalue weighted by Crippen LogP contribution is -2.38. The summed E-state index contributed by atoms with van der Waals surface area (Å²) in [6, 6.07) is 15.8. The lowest BCUT2D eigenvalue weighted by atomic mass is 9.94. The third-order valence-corrected chi connectivity index (χ3v) is 5.13. The normalized spacial score (nSPS) is 16.9. The molecule has 0 aliphatic carbocycles. The van der Waals surface area contributed by atoms with E-state index in [1.807, 2.05) is 58.3 Å². The van der Waals surface area contributed by atoms with E-state index in [4.69, 9.17) is 4.74 Å². The van der Waals surface area contributed by atoms with E-state index < -0.39 is 0 Å². The zero-order valence-electron chi connectivity index (χ0n) is 15.4. The van der Waals surface area contributed by atoms with Crippen molar-refractivity contribution in [2.24, 2.45) is 0 Å². The topological polar surface area (TPSA) is 47.4 Å². The van der Waals surface area contributed by atoms with Gasteiger partial charge >= 0.3 is 0 Å². The van der Waals surface area contributed by atoms with Crippen molar-refractivity contribution in [1.82, 2.24) is 14.5 Å². The predicted octanol–water partition coefficient (Wildman–Crippen LogP) is 4.25. The predicted molar refractivity (Wildman–Crippen MR) is 104 cm³/mol. The summed E-state index contributed by atoms with van der Waals surface area (Å²) in [5.74, 6) is 1.68. The van der Waals surface area contributed by atoms with Crippen LogP contribution in [0.1, 0.15) is 41.2 Å². The molecule has 2 aromatic heterocycles. The molecule has 5 nitrogen and oxygen atoms in total. The molecule has 0 radical (unpaired) electrons. The minimum absolute atomic E-state index is 0.0436. The molecular weight excluding hydrogens is 338 g/mol. The molecular formula is C22H23N3O2. The maximum Gasteiger partial charge on any atom is 0.255 e. The van der Waals surface area contributed by atoms with Crippen LogP contribution in [0.15, 0.2) is 67.1 Å². The maximum absolute atomic E-state index is 13.2. The van der Waals surface area contributed by atoms with Gasteiger partial charge in [0.1, 0.15) is 11.6 Å². The summed E-state index contributed by atoms with van der Waals surface area (Å²) < 4.78 is 7.18. The van der Waals surface area contributed by atoms with Crippen molar-refractivity contribution < 1.29 is 9.53 Å². The molecule has 5 heteroatoms. The monoisotopic (exact) mass is 361 g/mol. The Morgan fingerprint density at radius 3 is 2.52 bits per heavy atom. The van der Waals surface area contributed by atoms with E-state index in [0.29, 0.717) is 5.56 Å². The molecule has 3 aromatic rings. The van der Waals surface area contributed by atoms with Gasteiger partial charge in [-0.25, -0.2) is 4.98 Å². The second-order valence-electron chi connectivity index (χ2n) is 6.78. The number of hydrogen-bond donors (Lipinski definition) is 0. The molecule has 1 unspecified atom stereocenters. The number of aromatic nitrogens is 2. The van der Waals surface area contributed by atoms with Crippen LogP contribution in [0.3, 0.4) is 0 Å². The van der Waals surface area contributed by atoms with Crippen molar-refractivity contribution in [2.75, 3.05) is 13.7 Å². The standard InChI is InChI=1S/C22H23N3O2/c1-27-19-10-7-17(8-11-19)20-6-2-3-15-25(20)22(26)18-9-12-21(23-16-18)24-13-4-5-14-24/h4-5,7-14,16,20H,2-3,6,15H2,1H3. The molecule has 0 spiro atoms. The fourth-order valence-electron chi connectivity index (χ4n) is 3.67. The number of nitrogens with zero attached hydrogens (tertiary/aromatic N) is 3. The Labute approximate surface area is 159 Å². The molecule has 1 aliphatic heterocycles. The van der Waals surface area contributed by atoms with Gasteiger partial charge in [0.2, 0.25) is 0 Å². The van der Waals surface area contributed by atoms with Gasteiger partial charge in [-0.05, 0) is 61.2 Å². The second-order valence-corrected chi connectivity index (χ2v) is 6.78. The highest BCUT2D eigenvalue weighted by atomic mass is 16.5. The zero-order chi connectivity index (χ0) is 18.6. The van der Waals surface area contributed by atoms with Crippen molar-refractivity contribution in [1.29, 1.82) is 0 Å². The van der Waals surface area contributed by atoms with Crippen LogP contribution < -0.4 is 4.74 Å². The highest BCUT2D eigenvalue weighted by molar-refractivity contribution is 5.94. The summed E-state index contributed by atoms with van der Waals surface area (Å²) in [5, 5.41) is 0. The number of ether oxygens (including phenoxy) is 1. The van der Waals surface area contributed by atoms with Gasteiger partial charge in [-0.1, -0.05) is 12.1 Å². The average molecular weight is 361 g/mol. The van der Waals surface area contributed by atoms with Crippen LogP contribution in [0.4, 0.5) is 0 Å². The lowest BCUT2D eigenvalue weighted by molar-refractivity contribution is 0.0611. The first-order chi connectivity index (χ1) is 13.3. The molecule has 0 saturated carbocycles. The summed E-state index contributed by atoms with van der Waals surface area (Å²) in [4.78, 5) is 19.6. The lowest BCUT2D eigenvalue weighted by Gasteiger charge is -2.36. The van der Waals surface area contributed by atoms with Crippen LogP contribution in [-0.4, -0.2) is 34.0 Å². The molecule has 0 bridgehead atoms. The molecule has 3 heterocycles. The largest absolute Gasteiger partial charge is 0.497 e. The molecule has 1 atom stereocenters. The van der Waals surface area contributed by atoms with Gasteiger partial charge in [0.15, 0.2) is 0 Å². The van der Waals surface area contributed by atoms with Crippen molar-refractivity contribution in [3.8, 4) is 11.6 Å². The minimum Gasteiger partial charge on any atom is -0.497 e. The van der Waals surface area contributed by atoms with Crippen LogP contribution in [-0.2, 0) is 0 Å². The molecule has 1 amide bonds. The Morgan fingerprint density at radius 1 is 1.07 bits per heavy atom. The van der Waals surface area contributed by atoms with Crippen LogP contribution >= 0.6 is 0 Å². The fraction of sp³-hybridized carbons (Fsp3) is 0.273. The number of amides is 1. The molecule has 1 fully saturated rings. The first-order valence-corrected chi connectivity index (χ1v) is 9.30. The highest BCUT2D eigenvalue weighted by Gasteiger charge is 2.28. The Morgan fingerprint density at radius 2 is 1.85 bits per heavy atom. The molecule has 138 valence electrons. The number of rotatable bonds is 4. The third-order valence-electron chi connectivity index (χ3n) is 5.13. The second kappa shape index (κ2) is 7.66. The smallest absolute Gasteiger partial charge is 0.255 e. The van der Waals surface area contributed by atoms with E-state index in [1.54, 1.807) is 13.3 Å². The summed E-state index contributed by atoms with van der Waals surface area (Å²) >= 11 is 0. The van der Waals surface area contributed by atoms with Crippen LogP contribution in [0.25, 0.3) is 5.82 Å². The SMILES string of the molecule is COc1ccc(C2CCCCN2C(=O)c2ccc(-n3cccc3)nc2)cc1. The summed E-state index contributed by atoms with van der Waals surface area (Å²) in [6.07, 6.45) is 8.70. The number of benzene rings is 1. The molecule has 27 heavy (non-hydrogen) atoms. The average Bonchev–Trinajstić information content (AvgIpc) is 3.28. The van der Waals surface area contributed by atoms with Gasteiger partial charge in [0.05, 0.1) is 18.7 Å². The number of piperidine rings is 1. The Bertz CT molecular complexity index is 886. The van der Waals surface area contributed by atoms with Crippen molar-refractivity contribution in [2.45, 2.75) is 25.3 Å². The highest BCUT2D eigenvalue weighted by Crippen LogP contribution is 2.33. The summed E-state index contributed by atoms with van der Waals surface area (Å²) in [5.41, 5.74) is 1.78. The van der Waals surface area contributed by atoms with E-state index in [1.165, 1.54) is 0 Å². The first-order valence-electron chi connectivity index (χ1n) is 9.30. The van der Waals surface area contributed by atoms with Crippen molar-refractivity contribution >= 4 is 5.91 Å². The Hall–Kier alpha value is -3.08. The molecule has 4 rings (SSSR count).